The number of carbonyl (C=O) groups excluding carboxylic acids is 1. The summed E-state index contributed by atoms with van der Waals surface area (Å²) < 4.78 is 0. The molecule has 0 aliphatic rings. The Morgan fingerprint density at radius 2 is 1.84 bits per heavy atom. The molecule has 0 atom stereocenters. The SMILES string of the molecule is CC(=O)c1nc(-c2cccc(Cl)c2Cl)c(C)nc1Cl. The number of aryl methyl sites for hydroxylation is 1. The lowest BCUT2D eigenvalue weighted by Gasteiger charge is -2.10. The summed E-state index contributed by atoms with van der Waals surface area (Å²) in [4.78, 5) is 19.8. The fourth-order valence-corrected chi connectivity index (χ4v) is 2.35. The molecule has 2 aromatic rings. The van der Waals surface area contributed by atoms with Crippen LogP contribution >= 0.6 is 34.8 Å². The van der Waals surface area contributed by atoms with Crippen LogP contribution in [-0.2, 0) is 0 Å². The quantitative estimate of drug-likeness (QED) is 0.760. The van der Waals surface area contributed by atoms with Crippen molar-refractivity contribution in [1.82, 2.24) is 9.97 Å². The second-order valence-corrected chi connectivity index (χ2v) is 5.10. The highest BCUT2D eigenvalue weighted by molar-refractivity contribution is 6.43. The first kappa shape index (κ1) is 14.3. The first-order valence-corrected chi connectivity index (χ1v) is 6.54. The number of halogens is 3. The van der Waals surface area contributed by atoms with E-state index in [1.165, 1.54) is 6.92 Å². The van der Waals surface area contributed by atoms with Crippen molar-refractivity contribution in [2.24, 2.45) is 0 Å². The Morgan fingerprint density at radius 1 is 1.16 bits per heavy atom. The summed E-state index contributed by atoms with van der Waals surface area (Å²) in [5.41, 5.74) is 1.83. The Hall–Kier alpha value is -1.16. The molecule has 3 nitrogen and oxygen atoms in total. The molecule has 2 rings (SSSR count). The molecular weight excluding hydrogens is 307 g/mol. The van der Waals surface area contributed by atoms with Gasteiger partial charge in [-0.05, 0) is 13.0 Å². The van der Waals surface area contributed by atoms with Crippen molar-refractivity contribution in [3.05, 3.63) is 44.8 Å². The minimum absolute atomic E-state index is 0.0897. The maximum absolute atomic E-state index is 11.5. The van der Waals surface area contributed by atoms with Crippen LogP contribution in [0.2, 0.25) is 15.2 Å². The molecule has 0 saturated carbocycles. The van der Waals surface area contributed by atoms with Gasteiger partial charge in [-0.2, -0.15) is 0 Å². The van der Waals surface area contributed by atoms with Crippen molar-refractivity contribution in [2.75, 3.05) is 0 Å². The third kappa shape index (κ3) is 2.73. The first-order valence-electron chi connectivity index (χ1n) is 5.41. The Kier molecular flexibility index (Phi) is 4.09. The van der Waals surface area contributed by atoms with Gasteiger partial charge in [0.1, 0.15) is 5.69 Å². The first-order chi connectivity index (χ1) is 8.91. The van der Waals surface area contributed by atoms with Gasteiger partial charge in [0.25, 0.3) is 0 Å². The van der Waals surface area contributed by atoms with Gasteiger partial charge in [-0.1, -0.05) is 46.9 Å². The second-order valence-electron chi connectivity index (χ2n) is 3.95. The van der Waals surface area contributed by atoms with Gasteiger partial charge in [0, 0.05) is 12.5 Å². The molecule has 19 heavy (non-hydrogen) atoms. The van der Waals surface area contributed by atoms with E-state index >= 15 is 0 Å². The number of ketones is 1. The van der Waals surface area contributed by atoms with Gasteiger partial charge < -0.3 is 0 Å². The monoisotopic (exact) mass is 314 g/mol. The van der Waals surface area contributed by atoms with Crippen molar-refractivity contribution in [1.29, 1.82) is 0 Å². The predicted molar refractivity (Wildman–Crippen MR) is 77.2 cm³/mol. The third-order valence-corrected chi connectivity index (χ3v) is 3.65. The molecule has 0 saturated heterocycles. The van der Waals surface area contributed by atoms with Crippen LogP contribution in [0.25, 0.3) is 11.3 Å². The van der Waals surface area contributed by atoms with E-state index in [9.17, 15) is 4.79 Å². The lowest BCUT2D eigenvalue weighted by atomic mass is 10.1. The summed E-state index contributed by atoms with van der Waals surface area (Å²) >= 11 is 18.0. The molecule has 1 heterocycles. The number of Topliss-reactive ketones (excluding diaryl/α,β-unsaturated/α-hetero) is 1. The zero-order valence-corrected chi connectivity index (χ0v) is 12.4. The average molecular weight is 316 g/mol. The zero-order chi connectivity index (χ0) is 14.2. The van der Waals surface area contributed by atoms with E-state index in [-0.39, 0.29) is 16.6 Å². The van der Waals surface area contributed by atoms with Crippen molar-refractivity contribution in [3.8, 4) is 11.3 Å². The molecule has 6 heteroatoms. The molecular formula is C13H9Cl3N2O. The lowest BCUT2D eigenvalue weighted by molar-refractivity contribution is 0.101. The number of hydrogen-bond donors (Lipinski definition) is 0. The molecule has 0 aliphatic carbocycles. The maximum Gasteiger partial charge on any atom is 0.181 e. The Balaban J connectivity index is 2.72. The van der Waals surface area contributed by atoms with E-state index in [1.807, 2.05) is 0 Å². The Morgan fingerprint density at radius 3 is 2.47 bits per heavy atom. The summed E-state index contributed by atoms with van der Waals surface area (Å²) in [5, 5.41) is 0.880. The van der Waals surface area contributed by atoms with Crippen molar-refractivity contribution < 1.29 is 4.79 Å². The fourth-order valence-electron chi connectivity index (χ4n) is 1.66. The lowest BCUT2D eigenvalue weighted by Crippen LogP contribution is -2.04. The predicted octanol–water partition coefficient (Wildman–Crippen LogP) is 4.61. The van der Waals surface area contributed by atoms with E-state index < -0.39 is 0 Å². The van der Waals surface area contributed by atoms with Gasteiger partial charge in [-0.15, -0.1) is 0 Å². The topological polar surface area (TPSA) is 42.9 Å². The van der Waals surface area contributed by atoms with E-state index in [2.05, 4.69) is 9.97 Å². The van der Waals surface area contributed by atoms with Gasteiger partial charge >= 0.3 is 0 Å². The molecule has 0 amide bonds. The molecule has 1 aromatic heterocycles. The summed E-state index contributed by atoms with van der Waals surface area (Å²) in [5.74, 6) is -0.253. The highest BCUT2D eigenvalue weighted by atomic mass is 35.5. The number of aromatic nitrogens is 2. The van der Waals surface area contributed by atoms with E-state index in [4.69, 9.17) is 34.8 Å². The Labute approximate surface area is 125 Å². The average Bonchev–Trinajstić information content (AvgIpc) is 2.33. The van der Waals surface area contributed by atoms with Gasteiger partial charge in [0.2, 0.25) is 0 Å². The number of benzene rings is 1. The summed E-state index contributed by atoms with van der Waals surface area (Å²) in [6.07, 6.45) is 0. The van der Waals surface area contributed by atoms with E-state index in [0.717, 1.165) is 0 Å². The van der Waals surface area contributed by atoms with Crippen molar-refractivity contribution in [2.45, 2.75) is 13.8 Å². The third-order valence-electron chi connectivity index (χ3n) is 2.57. The molecule has 0 spiro atoms. The molecule has 0 unspecified atom stereocenters. The minimum Gasteiger partial charge on any atom is -0.293 e. The molecule has 0 radical (unpaired) electrons. The standard InChI is InChI=1S/C13H9Cl3N2O/c1-6-11(8-4-3-5-9(14)10(8)15)18-12(7(2)19)13(16)17-6/h3-5H,1-2H3. The van der Waals surface area contributed by atoms with Gasteiger partial charge in [0.15, 0.2) is 10.9 Å². The minimum atomic E-state index is -0.253. The van der Waals surface area contributed by atoms with Crippen LogP contribution < -0.4 is 0 Å². The highest BCUT2D eigenvalue weighted by Crippen LogP contribution is 2.34. The van der Waals surface area contributed by atoms with Crippen LogP contribution in [0, 0.1) is 6.92 Å². The van der Waals surface area contributed by atoms with Crippen LogP contribution in [0.4, 0.5) is 0 Å². The molecule has 0 aliphatic heterocycles. The van der Waals surface area contributed by atoms with E-state index in [1.54, 1.807) is 25.1 Å². The number of carbonyl (C=O) groups is 1. The van der Waals surface area contributed by atoms with E-state index in [0.29, 0.717) is 27.0 Å². The van der Waals surface area contributed by atoms with Crippen molar-refractivity contribution >= 4 is 40.6 Å². The number of hydrogen-bond acceptors (Lipinski definition) is 3. The Bertz CT molecular complexity index is 671. The molecule has 0 N–H and O–H groups in total. The molecule has 0 bridgehead atoms. The fraction of sp³-hybridized carbons (Fsp3) is 0.154. The maximum atomic E-state index is 11.5. The summed E-state index contributed by atoms with van der Waals surface area (Å²) in [7, 11) is 0. The largest absolute Gasteiger partial charge is 0.293 e. The van der Waals surface area contributed by atoms with Gasteiger partial charge in [-0.25, -0.2) is 9.97 Å². The van der Waals surface area contributed by atoms with Crippen LogP contribution in [0.5, 0.6) is 0 Å². The highest BCUT2D eigenvalue weighted by Gasteiger charge is 2.17. The molecule has 1 aromatic carbocycles. The molecule has 98 valence electrons. The summed E-state index contributed by atoms with van der Waals surface area (Å²) in [6.45, 7) is 3.13. The molecule has 0 fully saturated rings. The zero-order valence-electron chi connectivity index (χ0n) is 10.2. The normalized spacial score (nSPS) is 10.6. The van der Waals surface area contributed by atoms with Gasteiger partial charge in [0.05, 0.1) is 21.4 Å². The number of rotatable bonds is 2. The van der Waals surface area contributed by atoms with Crippen molar-refractivity contribution in [3.63, 3.8) is 0 Å². The van der Waals surface area contributed by atoms with Crippen LogP contribution in [-0.4, -0.2) is 15.8 Å². The second kappa shape index (κ2) is 5.45. The van der Waals surface area contributed by atoms with Crippen LogP contribution in [0.15, 0.2) is 18.2 Å². The van der Waals surface area contributed by atoms with Gasteiger partial charge in [-0.3, -0.25) is 4.79 Å². The summed E-state index contributed by atoms with van der Waals surface area (Å²) in [6, 6.07) is 5.20. The van der Waals surface area contributed by atoms with Crippen LogP contribution in [0.1, 0.15) is 23.1 Å². The van der Waals surface area contributed by atoms with Crippen LogP contribution in [0.3, 0.4) is 0 Å². The smallest absolute Gasteiger partial charge is 0.181 e. The number of nitrogens with zero attached hydrogens (tertiary/aromatic N) is 2.